The summed E-state index contributed by atoms with van der Waals surface area (Å²) in [6, 6.07) is 17.8. The molecule has 0 N–H and O–H groups in total. The van der Waals surface area contributed by atoms with Crippen molar-refractivity contribution in [1.29, 1.82) is 0 Å². The molecular formula is C20H19NO4. The van der Waals surface area contributed by atoms with Gasteiger partial charge in [0, 0.05) is 31.9 Å². The number of ether oxygens (including phenoxy) is 1. The molecule has 0 aliphatic rings. The summed E-state index contributed by atoms with van der Waals surface area (Å²) in [6.45, 7) is 3.86. The number of esters is 1. The predicted molar refractivity (Wildman–Crippen MR) is 94.7 cm³/mol. The highest BCUT2D eigenvalue weighted by atomic mass is 16.5. The Hall–Kier alpha value is -3.21. The number of hydrogen-bond acceptors (Lipinski definition) is 4. The molecule has 5 nitrogen and oxygen atoms in total. The van der Waals surface area contributed by atoms with Crippen LogP contribution in [-0.4, -0.2) is 22.7 Å². The molecule has 0 atom stereocenters. The maximum atomic E-state index is 12.2. The number of benzene rings is 2. The number of hydrogen-bond donors (Lipinski definition) is 0. The van der Waals surface area contributed by atoms with E-state index in [0.717, 1.165) is 4.90 Å². The zero-order valence-electron chi connectivity index (χ0n) is 14.4. The summed E-state index contributed by atoms with van der Waals surface area (Å²) in [5, 5.41) is 0. The Labute approximate surface area is 146 Å². The molecule has 0 heterocycles. The summed E-state index contributed by atoms with van der Waals surface area (Å²) in [5.74, 6) is -1.32. The minimum atomic E-state index is -0.542. The van der Waals surface area contributed by atoms with Crippen molar-refractivity contribution in [3.8, 4) is 0 Å². The Balaban J connectivity index is 2.84. The van der Waals surface area contributed by atoms with E-state index in [0.29, 0.717) is 11.1 Å². The van der Waals surface area contributed by atoms with Gasteiger partial charge in [0.25, 0.3) is 0 Å². The van der Waals surface area contributed by atoms with Crippen molar-refractivity contribution in [2.24, 2.45) is 0 Å². The van der Waals surface area contributed by atoms with E-state index in [4.69, 9.17) is 4.74 Å². The Morgan fingerprint density at radius 3 is 1.56 bits per heavy atom. The Bertz CT molecular complexity index is 796. The number of nitrogens with zero attached hydrogens (tertiary/aromatic N) is 1. The van der Waals surface area contributed by atoms with Crippen molar-refractivity contribution >= 4 is 29.2 Å². The van der Waals surface area contributed by atoms with E-state index in [2.05, 4.69) is 0 Å². The SMILES string of the molecule is CC(=O)O/C(=C(\c1ccccc1)N(C(C)=O)C(C)=O)c1ccccc1. The van der Waals surface area contributed by atoms with Gasteiger partial charge in [0.2, 0.25) is 11.8 Å². The van der Waals surface area contributed by atoms with Gasteiger partial charge in [0.15, 0.2) is 5.76 Å². The normalized spacial score (nSPS) is 11.3. The van der Waals surface area contributed by atoms with E-state index in [1.807, 2.05) is 12.1 Å². The zero-order valence-corrected chi connectivity index (χ0v) is 14.4. The molecule has 0 unspecified atom stereocenters. The van der Waals surface area contributed by atoms with Crippen molar-refractivity contribution in [2.45, 2.75) is 20.8 Å². The average molecular weight is 337 g/mol. The van der Waals surface area contributed by atoms with E-state index < -0.39 is 17.8 Å². The zero-order chi connectivity index (χ0) is 18.4. The lowest BCUT2D eigenvalue weighted by atomic mass is 10.0. The second-order valence-electron chi connectivity index (χ2n) is 5.38. The van der Waals surface area contributed by atoms with Crippen LogP contribution in [0.3, 0.4) is 0 Å². The van der Waals surface area contributed by atoms with Crippen molar-refractivity contribution in [2.75, 3.05) is 0 Å². The van der Waals surface area contributed by atoms with Crippen molar-refractivity contribution in [3.05, 3.63) is 71.8 Å². The topological polar surface area (TPSA) is 63.7 Å². The number of carbonyl (C=O) groups is 3. The summed E-state index contributed by atoms with van der Waals surface area (Å²) >= 11 is 0. The summed E-state index contributed by atoms with van der Waals surface area (Å²) in [5.41, 5.74) is 1.42. The molecular weight excluding hydrogens is 318 g/mol. The van der Waals surface area contributed by atoms with Crippen molar-refractivity contribution in [3.63, 3.8) is 0 Å². The van der Waals surface area contributed by atoms with Crippen molar-refractivity contribution < 1.29 is 19.1 Å². The largest absolute Gasteiger partial charge is 0.424 e. The fraction of sp³-hybridized carbons (Fsp3) is 0.150. The lowest BCUT2D eigenvalue weighted by Crippen LogP contribution is -2.32. The molecule has 2 aromatic carbocycles. The van der Waals surface area contributed by atoms with Gasteiger partial charge in [-0.05, 0) is 0 Å². The Kier molecular flexibility index (Phi) is 5.84. The van der Waals surface area contributed by atoms with E-state index >= 15 is 0 Å². The number of carbonyl (C=O) groups excluding carboxylic acids is 3. The maximum absolute atomic E-state index is 12.2. The third-order valence-electron chi connectivity index (χ3n) is 3.40. The molecule has 0 aliphatic carbocycles. The van der Waals surface area contributed by atoms with Crippen LogP contribution >= 0.6 is 0 Å². The molecule has 2 aromatic rings. The third-order valence-corrected chi connectivity index (χ3v) is 3.40. The minimum Gasteiger partial charge on any atom is -0.424 e. The molecule has 0 radical (unpaired) electrons. The molecule has 0 spiro atoms. The molecule has 128 valence electrons. The molecule has 25 heavy (non-hydrogen) atoms. The highest BCUT2D eigenvalue weighted by molar-refractivity contribution is 6.07. The number of rotatable bonds is 4. The monoisotopic (exact) mass is 337 g/mol. The highest BCUT2D eigenvalue weighted by Gasteiger charge is 2.26. The van der Waals surface area contributed by atoms with Crippen LogP contribution in [0.1, 0.15) is 31.9 Å². The first-order valence-corrected chi connectivity index (χ1v) is 7.76. The van der Waals surface area contributed by atoms with Gasteiger partial charge in [0.05, 0.1) is 0 Å². The van der Waals surface area contributed by atoms with Crippen molar-refractivity contribution in [1.82, 2.24) is 4.90 Å². The van der Waals surface area contributed by atoms with Gasteiger partial charge in [0.1, 0.15) is 5.70 Å². The second-order valence-corrected chi connectivity index (χ2v) is 5.38. The third kappa shape index (κ3) is 4.41. The smallest absolute Gasteiger partial charge is 0.308 e. The fourth-order valence-electron chi connectivity index (χ4n) is 2.47. The quantitative estimate of drug-likeness (QED) is 0.487. The first-order chi connectivity index (χ1) is 11.9. The first kappa shape index (κ1) is 18.1. The lowest BCUT2D eigenvalue weighted by Gasteiger charge is -2.24. The summed E-state index contributed by atoms with van der Waals surface area (Å²) in [6.07, 6.45) is 0. The van der Waals surface area contributed by atoms with Gasteiger partial charge in [-0.2, -0.15) is 0 Å². The van der Waals surface area contributed by atoms with Crippen LogP contribution in [-0.2, 0) is 19.1 Å². The average Bonchev–Trinajstić information content (AvgIpc) is 2.58. The summed E-state index contributed by atoms with van der Waals surface area (Å²) in [7, 11) is 0. The fourth-order valence-corrected chi connectivity index (χ4v) is 2.47. The van der Waals surface area contributed by atoms with Gasteiger partial charge < -0.3 is 4.74 Å². The maximum Gasteiger partial charge on any atom is 0.308 e. The predicted octanol–water partition coefficient (Wildman–Crippen LogP) is 3.47. The van der Waals surface area contributed by atoms with Crippen LogP contribution < -0.4 is 0 Å². The van der Waals surface area contributed by atoms with Gasteiger partial charge >= 0.3 is 5.97 Å². The standard InChI is InChI=1S/C20H19NO4/c1-14(22)21(15(2)23)19(17-10-6-4-7-11-17)20(25-16(3)24)18-12-8-5-9-13-18/h4-13H,1-3H3/b20-19+. The minimum absolute atomic E-state index is 0.157. The lowest BCUT2D eigenvalue weighted by molar-refractivity contribution is -0.139. The summed E-state index contributed by atoms with van der Waals surface area (Å²) < 4.78 is 5.43. The van der Waals surface area contributed by atoms with E-state index in [1.54, 1.807) is 48.5 Å². The Morgan fingerprint density at radius 1 is 0.720 bits per heavy atom. The molecule has 0 saturated carbocycles. The van der Waals surface area contributed by atoms with Gasteiger partial charge in [-0.1, -0.05) is 60.7 Å². The van der Waals surface area contributed by atoms with Crippen LogP contribution in [0, 0.1) is 0 Å². The molecule has 5 heteroatoms. The van der Waals surface area contributed by atoms with Crippen LogP contribution in [0.5, 0.6) is 0 Å². The highest BCUT2D eigenvalue weighted by Crippen LogP contribution is 2.31. The van der Waals surface area contributed by atoms with E-state index in [9.17, 15) is 14.4 Å². The molecule has 0 fully saturated rings. The van der Waals surface area contributed by atoms with Gasteiger partial charge in [-0.25, -0.2) is 4.90 Å². The summed E-state index contributed by atoms with van der Waals surface area (Å²) in [4.78, 5) is 37.0. The van der Waals surface area contributed by atoms with Gasteiger partial charge in [-0.15, -0.1) is 0 Å². The number of imide groups is 1. The van der Waals surface area contributed by atoms with E-state index in [1.165, 1.54) is 20.8 Å². The first-order valence-electron chi connectivity index (χ1n) is 7.76. The number of amides is 2. The Morgan fingerprint density at radius 2 is 1.16 bits per heavy atom. The molecule has 0 aliphatic heterocycles. The molecule has 0 bridgehead atoms. The van der Waals surface area contributed by atoms with E-state index in [-0.39, 0.29) is 11.5 Å². The van der Waals surface area contributed by atoms with Crippen LogP contribution in [0.4, 0.5) is 0 Å². The second kappa shape index (κ2) is 8.06. The molecule has 2 amide bonds. The molecule has 0 saturated heterocycles. The molecule has 2 rings (SSSR count). The van der Waals surface area contributed by atoms with Gasteiger partial charge in [-0.3, -0.25) is 14.4 Å². The van der Waals surface area contributed by atoms with Crippen LogP contribution in [0.15, 0.2) is 60.7 Å². The molecule has 0 aromatic heterocycles. The van der Waals surface area contributed by atoms with Crippen LogP contribution in [0.25, 0.3) is 11.5 Å². The van der Waals surface area contributed by atoms with Crippen LogP contribution in [0.2, 0.25) is 0 Å².